The van der Waals surface area contributed by atoms with Gasteiger partial charge in [0.2, 0.25) is 5.78 Å². The Hall–Kier alpha value is -1.94. The maximum absolute atomic E-state index is 12.1. The normalized spacial score (nSPS) is 12.9. The molecule has 0 fully saturated rings. The van der Waals surface area contributed by atoms with Crippen molar-refractivity contribution in [3.05, 3.63) is 52.6 Å². The molecule has 0 saturated carbocycles. The summed E-state index contributed by atoms with van der Waals surface area (Å²) in [5, 5.41) is 0.626. The van der Waals surface area contributed by atoms with Gasteiger partial charge < -0.3 is 4.74 Å². The van der Waals surface area contributed by atoms with E-state index in [1.54, 1.807) is 24.5 Å². The number of carbonyl (C=O) groups excluding carboxylic acids is 1. The molecule has 3 rings (SSSR count). The van der Waals surface area contributed by atoms with Crippen molar-refractivity contribution in [2.24, 2.45) is 0 Å². The van der Waals surface area contributed by atoms with Crippen LogP contribution in [0.2, 0.25) is 5.02 Å². The van der Waals surface area contributed by atoms with Crippen LogP contribution in [-0.4, -0.2) is 22.4 Å². The third kappa shape index (κ3) is 2.44. The minimum absolute atomic E-state index is 0.138. The lowest BCUT2D eigenvalue weighted by Crippen LogP contribution is -2.08. The Kier molecular flexibility index (Phi) is 3.17. The Morgan fingerprint density at radius 1 is 1.32 bits per heavy atom. The van der Waals surface area contributed by atoms with Gasteiger partial charge >= 0.3 is 0 Å². The Bertz CT molecular complexity index is 629. The molecule has 19 heavy (non-hydrogen) atoms. The highest BCUT2D eigenvalue weighted by Crippen LogP contribution is 2.33. The minimum Gasteiger partial charge on any atom is -0.493 e. The molecule has 0 bridgehead atoms. The maximum Gasteiger partial charge on any atom is 0.204 e. The summed E-state index contributed by atoms with van der Waals surface area (Å²) in [4.78, 5) is 20.0. The van der Waals surface area contributed by atoms with E-state index in [1.165, 1.54) is 0 Å². The van der Waals surface area contributed by atoms with Crippen LogP contribution in [0.15, 0.2) is 30.6 Å². The molecule has 1 aliphatic heterocycles. The molecule has 0 aliphatic carbocycles. The second-order valence-electron chi connectivity index (χ2n) is 4.32. The topological polar surface area (TPSA) is 52.1 Å². The lowest BCUT2D eigenvalue weighted by Gasteiger charge is -2.07. The van der Waals surface area contributed by atoms with Gasteiger partial charge in [-0.2, -0.15) is 0 Å². The fourth-order valence-electron chi connectivity index (χ4n) is 2.17. The van der Waals surface area contributed by atoms with Crippen molar-refractivity contribution in [2.45, 2.75) is 12.8 Å². The van der Waals surface area contributed by atoms with Gasteiger partial charge in [0.25, 0.3) is 0 Å². The van der Waals surface area contributed by atoms with Crippen molar-refractivity contribution >= 4 is 17.4 Å². The zero-order valence-corrected chi connectivity index (χ0v) is 10.9. The molecule has 96 valence electrons. The predicted molar refractivity (Wildman–Crippen MR) is 70.7 cm³/mol. The van der Waals surface area contributed by atoms with Crippen LogP contribution in [0.5, 0.6) is 5.75 Å². The average molecular weight is 275 g/mol. The largest absolute Gasteiger partial charge is 0.493 e. The number of nitrogens with zero attached hydrogens (tertiary/aromatic N) is 2. The number of carbonyl (C=O) groups is 1. The molecule has 4 nitrogen and oxygen atoms in total. The summed E-state index contributed by atoms with van der Waals surface area (Å²) in [5.41, 5.74) is 1.86. The summed E-state index contributed by atoms with van der Waals surface area (Å²) in [5.74, 6) is 0.864. The second kappa shape index (κ2) is 4.97. The summed E-state index contributed by atoms with van der Waals surface area (Å²) in [6.07, 6.45) is 4.14. The first kappa shape index (κ1) is 12.1. The zero-order valence-electron chi connectivity index (χ0n) is 10.1. The number of hydrogen-bond donors (Lipinski definition) is 0. The van der Waals surface area contributed by atoms with Gasteiger partial charge in [0.1, 0.15) is 5.75 Å². The predicted octanol–water partition coefficient (Wildman–Crippen LogP) is 2.49. The third-order valence-electron chi connectivity index (χ3n) is 2.99. The van der Waals surface area contributed by atoms with Gasteiger partial charge in [-0.05, 0) is 23.8 Å². The standard InChI is InChI=1S/C14H11ClN2O2/c15-11-6-9-2-5-19-13(9)10(7-11)8-12(18)14-16-3-1-4-17-14/h1,3-4,6-7H,2,5,8H2. The number of ether oxygens (including phenoxy) is 1. The Labute approximate surface area is 115 Å². The molecule has 0 spiro atoms. The molecule has 0 radical (unpaired) electrons. The van der Waals surface area contributed by atoms with Crippen LogP contribution in [0.4, 0.5) is 0 Å². The van der Waals surface area contributed by atoms with Gasteiger partial charge in [-0.25, -0.2) is 9.97 Å². The summed E-state index contributed by atoms with van der Waals surface area (Å²) in [6, 6.07) is 5.33. The molecule has 1 aromatic carbocycles. The Balaban J connectivity index is 1.90. The smallest absolute Gasteiger partial charge is 0.204 e. The third-order valence-corrected chi connectivity index (χ3v) is 3.21. The summed E-state index contributed by atoms with van der Waals surface area (Å²) in [7, 11) is 0. The van der Waals surface area contributed by atoms with Crippen LogP contribution in [-0.2, 0) is 12.8 Å². The number of rotatable bonds is 3. The van der Waals surface area contributed by atoms with E-state index in [0.717, 1.165) is 23.3 Å². The first-order chi connectivity index (χ1) is 9.24. The van der Waals surface area contributed by atoms with E-state index in [-0.39, 0.29) is 18.0 Å². The number of hydrogen-bond acceptors (Lipinski definition) is 4. The lowest BCUT2D eigenvalue weighted by atomic mass is 10.0. The van der Waals surface area contributed by atoms with E-state index in [1.807, 2.05) is 6.07 Å². The van der Waals surface area contributed by atoms with E-state index < -0.39 is 0 Å². The van der Waals surface area contributed by atoms with E-state index in [4.69, 9.17) is 16.3 Å². The van der Waals surface area contributed by atoms with Gasteiger partial charge in [-0.15, -0.1) is 0 Å². The quantitative estimate of drug-likeness (QED) is 0.807. The van der Waals surface area contributed by atoms with Crippen molar-refractivity contribution in [3.8, 4) is 5.75 Å². The highest BCUT2D eigenvalue weighted by Gasteiger charge is 2.20. The molecule has 0 unspecified atom stereocenters. The fraction of sp³-hybridized carbons (Fsp3) is 0.214. The zero-order chi connectivity index (χ0) is 13.2. The average Bonchev–Trinajstić information content (AvgIpc) is 2.88. The first-order valence-corrected chi connectivity index (χ1v) is 6.36. The summed E-state index contributed by atoms with van der Waals surface area (Å²) < 4.78 is 5.57. The maximum atomic E-state index is 12.1. The highest BCUT2D eigenvalue weighted by molar-refractivity contribution is 6.30. The van der Waals surface area contributed by atoms with Crippen molar-refractivity contribution in [1.29, 1.82) is 0 Å². The molecule has 1 aliphatic rings. The van der Waals surface area contributed by atoms with Crippen molar-refractivity contribution in [1.82, 2.24) is 9.97 Å². The molecule has 2 heterocycles. The van der Waals surface area contributed by atoms with Gasteiger partial charge in [-0.3, -0.25) is 4.79 Å². The van der Waals surface area contributed by atoms with Crippen LogP contribution in [0.3, 0.4) is 0 Å². The van der Waals surface area contributed by atoms with Crippen molar-refractivity contribution in [2.75, 3.05) is 6.61 Å². The first-order valence-electron chi connectivity index (χ1n) is 5.98. The fourth-order valence-corrected chi connectivity index (χ4v) is 2.44. The van der Waals surface area contributed by atoms with Crippen molar-refractivity contribution in [3.63, 3.8) is 0 Å². The summed E-state index contributed by atoms with van der Waals surface area (Å²) >= 11 is 6.06. The van der Waals surface area contributed by atoms with Crippen LogP contribution in [0.1, 0.15) is 21.7 Å². The van der Waals surface area contributed by atoms with Gasteiger partial charge in [-0.1, -0.05) is 11.6 Å². The Morgan fingerprint density at radius 3 is 2.89 bits per heavy atom. The van der Waals surface area contributed by atoms with Gasteiger partial charge in [0, 0.05) is 35.8 Å². The molecule has 1 aromatic heterocycles. The number of Topliss-reactive ketones (excluding diaryl/α,β-unsaturated/α-hetero) is 1. The molecule has 0 saturated heterocycles. The molecule has 0 atom stereocenters. The number of fused-ring (bicyclic) bond motifs is 1. The van der Waals surface area contributed by atoms with Gasteiger partial charge in [0.05, 0.1) is 6.61 Å². The second-order valence-corrected chi connectivity index (χ2v) is 4.76. The number of aromatic nitrogens is 2. The summed E-state index contributed by atoms with van der Waals surface area (Å²) in [6.45, 7) is 0.638. The van der Waals surface area contributed by atoms with Crippen LogP contribution in [0, 0.1) is 0 Å². The number of halogens is 1. The van der Waals surface area contributed by atoms with E-state index in [9.17, 15) is 4.79 Å². The SMILES string of the molecule is O=C(Cc1cc(Cl)cc2c1OCC2)c1ncccn1. The van der Waals surface area contributed by atoms with Crippen molar-refractivity contribution < 1.29 is 9.53 Å². The van der Waals surface area contributed by atoms with E-state index >= 15 is 0 Å². The highest BCUT2D eigenvalue weighted by atomic mass is 35.5. The molecule has 0 N–H and O–H groups in total. The number of ketones is 1. The molecule has 5 heteroatoms. The van der Waals surface area contributed by atoms with E-state index in [2.05, 4.69) is 9.97 Å². The monoisotopic (exact) mass is 274 g/mol. The molecular formula is C14H11ClN2O2. The van der Waals surface area contributed by atoms with E-state index in [0.29, 0.717) is 11.6 Å². The minimum atomic E-state index is -0.138. The lowest BCUT2D eigenvalue weighted by molar-refractivity contribution is 0.0982. The van der Waals surface area contributed by atoms with Crippen LogP contribution in [0.25, 0.3) is 0 Å². The van der Waals surface area contributed by atoms with Gasteiger partial charge in [0.15, 0.2) is 5.82 Å². The van der Waals surface area contributed by atoms with Crippen LogP contribution >= 0.6 is 11.6 Å². The van der Waals surface area contributed by atoms with Crippen LogP contribution < -0.4 is 4.74 Å². The number of benzene rings is 1. The molecular weight excluding hydrogens is 264 g/mol. The Morgan fingerprint density at radius 2 is 2.11 bits per heavy atom. The molecule has 0 amide bonds. The molecule has 2 aromatic rings.